The summed E-state index contributed by atoms with van der Waals surface area (Å²) in [6.45, 7) is 8.00. The van der Waals surface area contributed by atoms with Gasteiger partial charge in [-0.25, -0.2) is 0 Å². The number of nitrogens with one attached hydrogen (secondary N) is 1. The highest BCUT2D eigenvalue weighted by atomic mass is 16.5. The van der Waals surface area contributed by atoms with Gasteiger partial charge in [-0.2, -0.15) is 0 Å². The second-order valence-corrected chi connectivity index (χ2v) is 5.49. The molecular formula is C14H21NO2. The summed E-state index contributed by atoms with van der Waals surface area (Å²) in [6.07, 6.45) is -0.556. The highest BCUT2D eigenvalue weighted by Crippen LogP contribution is 2.39. The third-order valence-corrected chi connectivity index (χ3v) is 3.17. The zero-order valence-corrected chi connectivity index (χ0v) is 10.9. The summed E-state index contributed by atoms with van der Waals surface area (Å²) in [7, 11) is 0. The summed E-state index contributed by atoms with van der Waals surface area (Å²) in [4.78, 5) is 0. The molecule has 1 aromatic carbocycles. The number of rotatable bonds is 2. The second-order valence-electron chi connectivity index (χ2n) is 5.49. The molecule has 3 nitrogen and oxygen atoms in total. The van der Waals surface area contributed by atoms with Crippen LogP contribution >= 0.6 is 0 Å². The molecule has 1 heterocycles. The Kier molecular flexibility index (Phi) is 3.15. The van der Waals surface area contributed by atoms with Crippen LogP contribution in [-0.4, -0.2) is 22.9 Å². The van der Waals surface area contributed by atoms with Crippen molar-refractivity contribution in [3.63, 3.8) is 0 Å². The second kappa shape index (κ2) is 4.31. The minimum Gasteiger partial charge on any atom is -0.485 e. The predicted octanol–water partition coefficient (Wildman–Crippen LogP) is 2.26. The van der Waals surface area contributed by atoms with Gasteiger partial charge in [0, 0.05) is 11.6 Å². The molecule has 0 saturated carbocycles. The fourth-order valence-corrected chi connectivity index (χ4v) is 2.29. The lowest BCUT2D eigenvalue weighted by molar-refractivity contribution is -0.0658. The Labute approximate surface area is 103 Å². The van der Waals surface area contributed by atoms with Gasteiger partial charge in [-0.05, 0) is 19.9 Å². The van der Waals surface area contributed by atoms with Crippen molar-refractivity contribution in [1.82, 2.24) is 5.32 Å². The highest BCUT2D eigenvalue weighted by Gasteiger charge is 2.42. The van der Waals surface area contributed by atoms with E-state index in [0.29, 0.717) is 6.04 Å². The molecule has 0 bridgehead atoms. The van der Waals surface area contributed by atoms with Crippen LogP contribution in [0.15, 0.2) is 24.3 Å². The minimum absolute atomic E-state index is 0.0741. The van der Waals surface area contributed by atoms with Crippen molar-refractivity contribution in [2.75, 3.05) is 0 Å². The molecule has 17 heavy (non-hydrogen) atoms. The molecule has 2 N–H and O–H groups in total. The summed E-state index contributed by atoms with van der Waals surface area (Å²) in [6, 6.07) is 8.14. The van der Waals surface area contributed by atoms with Gasteiger partial charge in [-0.15, -0.1) is 0 Å². The Hall–Kier alpha value is -1.06. The zero-order valence-electron chi connectivity index (χ0n) is 10.9. The van der Waals surface area contributed by atoms with Crippen molar-refractivity contribution in [1.29, 1.82) is 0 Å². The fraction of sp³-hybridized carbons (Fsp3) is 0.571. The van der Waals surface area contributed by atoms with Crippen LogP contribution < -0.4 is 10.1 Å². The van der Waals surface area contributed by atoms with Crippen molar-refractivity contribution >= 4 is 0 Å². The molecule has 94 valence electrons. The average Bonchev–Trinajstić information content (AvgIpc) is 2.24. The van der Waals surface area contributed by atoms with Crippen molar-refractivity contribution in [3.8, 4) is 5.75 Å². The minimum atomic E-state index is -0.569. The van der Waals surface area contributed by atoms with Crippen LogP contribution in [-0.2, 0) is 0 Å². The molecular weight excluding hydrogens is 214 g/mol. The molecule has 0 unspecified atom stereocenters. The maximum atomic E-state index is 10.4. The SMILES string of the molecule is CC(C)N[C@@H]1c2ccccc2OC(C)(C)[C@H]1O. The summed E-state index contributed by atoms with van der Waals surface area (Å²) < 4.78 is 5.85. The van der Waals surface area contributed by atoms with E-state index in [1.807, 2.05) is 38.1 Å². The lowest BCUT2D eigenvalue weighted by Crippen LogP contribution is -2.53. The van der Waals surface area contributed by atoms with Gasteiger partial charge in [-0.3, -0.25) is 0 Å². The fourth-order valence-electron chi connectivity index (χ4n) is 2.29. The standard InChI is InChI=1S/C14H21NO2/c1-9(2)15-12-10-7-5-6-8-11(10)17-14(3,4)13(12)16/h5-9,12-13,15-16H,1-4H3/t12-,13+/m1/s1. The van der Waals surface area contributed by atoms with Crippen LogP contribution in [0.5, 0.6) is 5.75 Å². The monoisotopic (exact) mass is 235 g/mol. The Morgan fingerprint density at radius 1 is 1.29 bits per heavy atom. The largest absolute Gasteiger partial charge is 0.485 e. The quantitative estimate of drug-likeness (QED) is 0.826. The first-order valence-corrected chi connectivity index (χ1v) is 6.14. The van der Waals surface area contributed by atoms with Gasteiger partial charge in [0.15, 0.2) is 0 Å². The maximum absolute atomic E-state index is 10.4. The molecule has 3 heteroatoms. The predicted molar refractivity (Wildman–Crippen MR) is 68.2 cm³/mol. The van der Waals surface area contributed by atoms with Gasteiger partial charge in [0.1, 0.15) is 17.5 Å². The van der Waals surface area contributed by atoms with E-state index in [1.165, 1.54) is 0 Å². The van der Waals surface area contributed by atoms with Crippen LogP contribution in [0.3, 0.4) is 0 Å². The molecule has 0 aromatic heterocycles. The number of para-hydroxylation sites is 1. The van der Waals surface area contributed by atoms with E-state index < -0.39 is 11.7 Å². The maximum Gasteiger partial charge on any atom is 0.131 e. The van der Waals surface area contributed by atoms with E-state index >= 15 is 0 Å². The summed E-state index contributed by atoms with van der Waals surface area (Å²) in [5, 5.41) is 13.8. The van der Waals surface area contributed by atoms with Crippen LogP contribution in [0.1, 0.15) is 39.3 Å². The summed E-state index contributed by atoms with van der Waals surface area (Å²) in [5.74, 6) is 0.862. The Morgan fingerprint density at radius 3 is 2.59 bits per heavy atom. The van der Waals surface area contributed by atoms with Gasteiger partial charge in [0.05, 0.1) is 6.04 Å². The van der Waals surface area contributed by atoms with E-state index in [2.05, 4.69) is 19.2 Å². The molecule has 2 atom stereocenters. The first kappa shape index (κ1) is 12.4. The number of hydrogen-bond donors (Lipinski definition) is 2. The van der Waals surface area contributed by atoms with E-state index in [0.717, 1.165) is 11.3 Å². The zero-order chi connectivity index (χ0) is 12.6. The average molecular weight is 235 g/mol. The molecule has 0 radical (unpaired) electrons. The number of aliphatic hydroxyl groups is 1. The Balaban J connectivity index is 2.41. The van der Waals surface area contributed by atoms with E-state index in [-0.39, 0.29) is 6.04 Å². The lowest BCUT2D eigenvalue weighted by atomic mass is 9.86. The van der Waals surface area contributed by atoms with Gasteiger partial charge < -0.3 is 15.2 Å². The highest BCUT2D eigenvalue weighted by molar-refractivity contribution is 5.40. The number of ether oxygens (including phenoxy) is 1. The molecule has 0 spiro atoms. The normalized spacial score (nSPS) is 26.5. The molecule has 1 aliphatic rings. The number of fused-ring (bicyclic) bond motifs is 1. The first-order chi connectivity index (χ1) is 7.92. The lowest BCUT2D eigenvalue weighted by Gasteiger charge is -2.43. The first-order valence-electron chi connectivity index (χ1n) is 6.14. The molecule has 0 amide bonds. The van der Waals surface area contributed by atoms with Gasteiger partial charge in [-0.1, -0.05) is 32.0 Å². The van der Waals surface area contributed by atoms with E-state index in [1.54, 1.807) is 0 Å². The molecule has 1 aromatic rings. The molecule has 0 fully saturated rings. The third kappa shape index (κ3) is 2.31. The van der Waals surface area contributed by atoms with Gasteiger partial charge >= 0.3 is 0 Å². The molecule has 2 rings (SSSR count). The summed E-state index contributed by atoms with van der Waals surface area (Å²) in [5.41, 5.74) is 0.467. The van der Waals surface area contributed by atoms with Gasteiger partial charge in [0.2, 0.25) is 0 Å². The topological polar surface area (TPSA) is 41.5 Å². The smallest absolute Gasteiger partial charge is 0.131 e. The third-order valence-electron chi connectivity index (χ3n) is 3.17. The van der Waals surface area contributed by atoms with E-state index in [4.69, 9.17) is 4.74 Å². The van der Waals surface area contributed by atoms with Crippen LogP contribution in [0.25, 0.3) is 0 Å². The number of hydrogen-bond acceptors (Lipinski definition) is 3. The van der Waals surface area contributed by atoms with Gasteiger partial charge in [0.25, 0.3) is 0 Å². The van der Waals surface area contributed by atoms with Crippen molar-refractivity contribution in [2.24, 2.45) is 0 Å². The van der Waals surface area contributed by atoms with Crippen LogP contribution in [0, 0.1) is 0 Å². The Bertz CT molecular complexity index is 401. The molecule has 0 aliphatic carbocycles. The van der Waals surface area contributed by atoms with Crippen LogP contribution in [0.2, 0.25) is 0 Å². The molecule has 0 saturated heterocycles. The van der Waals surface area contributed by atoms with Crippen LogP contribution in [0.4, 0.5) is 0 Å². The van der Waals surface area contributed by atoms with Crippen molar-refractivity contribution in [3.05, 3.63) is 29.8 Å². The Morgan fingerprint density at radius 2 is 1.94 bits per heavy atom. The van der Waals surface area contributed by atoms with E-state index in [9.17, 15) is 5.11 Å². The summed E-state index contributed by atoms with van der Waals surface area (Å²) >= 11 is 0. The number of benzene rings is 1. The van der Waals surface area contributed by atoms with Crippen molar-refractivity contribution in [2.45, 2.75) is 51.5 Å². The van der Waals surface area contributed by atoms with Crippen molar-refractivity contribution < 1.29 is 9.84 Å². The molecule has 1 aliphatic heterocycles. The number of aliphatic hydroxyl groups excluding tert-OH is 1.